The summed E-state index contributed by atoms with van der Waals surface area (Å²) in [4.78, 5) is 27.6. The average Bonchev–Trinajstić information content (AvgIpc) is 2.42. The second kappa shape index (κ2) is 7.79. The van der Waals surface area contributed by atoms with Gasteiger partial charge in [0.15, 0.2) is 0 Å². The number of carbonyl (C=O) groups is 2. The number of aromatic nitrogens is 1. The number of nitrogens with two attached hydrogens (primary N) is 1. The molecule has 0 aromatic carbocycles. The number of carbonyl (C=O) groups excluding carboxylic acids is 2. The summed E-state index contributed by atoms with van der Waals surface area (Å²) in [5.74, 6) is -0.466. The Morgan fingerprint density at radius 3 is 2.12 bits per heavy atom. The summed E-state index contributed by atoms with van der Waals surface area (Å²) in [6.07, 6.45) is -0.599. The maximum absolute atomic E-state index is 11.9. The molecule has 0 saturated carbocycles. The second-order valence-electron chi connectivity index (χ2n) is 7.61. The SMILES string of the molecule is CC(C)(C)OC(=O)Nc1ccc([C@@H](O)[C@@H](N)C(=O)OC(C)(C)C)cn1. The van der Waals surface area contributed by atoms with Crippen molar-refractivity contribution in [1.29, 1.82) is 0 Å². The Labute approximate surface area is 147 Å². The summed E-state index contributed by atoms with van der Waals surface area (Å²) in [7, 11) is 0. The first-order chi connectivity index (χ1) is 11.3. The lowest BCUT2D eigenvalue weighted by Crippen LogP contribution is -2.41. The zero-order valence-electron chi connectivity index (χ0n) is 15.5. The minimum atomic E-state index is -1.28. The van der Waals surface area contributed by atoms with Gasteiger partial charge >= 0.3 is 12.1 Å². The van der Waals surface area contributed by atoms with Crippen molar-refractivity contribution in [2.45, 2.75) is 64.9 Å². The lowest BCUT2D eigenvalue weighted by molar-refractivity contribution is -0.159. The van der Waals surface area contributed by atoms with Crippen molar-refractivity contribution >= 4 is 17.9 Å². The number of hydrogen-bond donors (Lipinski definition) is 3. The van der Waals surface area contributed by atoms with Crippen LogP contribution in [0.4, 0.5) is 10.6 Å². The van der Waals surface area contributed by atoms with Gasteiger partial charge in [-0.3, -0.25) is 10.1 Å². The molecule has 0 unspecified atom stereocenters. The normalized spacial score (nSPS) is 14.4. The quantitative estimate of drug-likeness (QED) is 0.708. The molecule has 1 aromatic heterocycles. The Morgan fingerprint density at radius 2 is 1.68 bits per heavy atom. The monoisotopic (exact) mass is 353 g/mol. The maximum Gasteiger partial charge on any atom is 0.413 e. The van der Waals surface area contributed by atoms with Crippen LogP contribution in [0.25, 0.3) is 0 Å². The van der Waals surface area contributed by atoms with E-state index in [1.165, 1.54) is 18.3 Å². The molecule has 1 amide bonds. The summed E-state index contributed by atoms with van der Waals surface area (Å²) < 4.78 is 10.3. The molecule has 0 spiro atoms. The Bertz CT molecular complexity index is 602. The molecule has 4 N–H and O–H groups in total. The van der Waals surface area contributed by atoms with E-state index in [1.54, 1.807) is 41.5 Å². The minimum Gasteiger partial charge on any atom is -0.459 e. The predicted octanol–water partition coefficient (Wildman–Crippen LogP) is 2.13. The number of aliphatic hydroxyl groups is 1. The fraction of sp³-hybridized carbons (Fsp3) is 0.588. The number of ether oxygens (including phenoxy) is 2. The van der Waals surface area contributed by atoms with E-state index in [1.807, 2.05) is 0 Å². The summed E-state index contributed by atoms with van der Waals surface area (Å²) in [5.41, 5.74) is 4.75. The van der Waals surface area contributed by atoms with Crippen molar-refractivity contribution in [3.8, 4) is 0 Å². The number of pyridine rings is 1. The Morgan fingerprint density at radius 1 is 1.12 bits per heavy atom. The van der Waals surface area contributed by atoms with Gasteiger partial charge in [0.05, 0.1) is 0 Å². The largest absolute Gasteiger partial charge is 0.459 e. The molecular formula is C17H27N3O5. The van der Waals surface area contributed by atoms with E-state index in [4.69, 9.17) is 15.2 Å². The second-order valence-corrected chi connectivity index (χ2v) is 7.61. The Hall–Kier alpha value is -2.19. The van der Waals surface area contributed by atoms with Crippen LogP contribution in [0.1, 0.15) is 53.2 Å². The molecule has 8 heteroatoms. The molecule has 1 rings (SSSR count). The summed E-state index contributed by atoms with van der Waals surface area (Å²) in [6.45, 7) is 10.4. The predicted molar refractivity (Wildman–Crippen MR) is 92.9 cm³/mol. The molecule has 0 bridgehead atoms. The van der Waals surface area contributed by atoms with Crippen LogP contribution in [0, 0.1) is 0 Å². The van der Waals surface area contributed by atoms with E-state index in [2.05, 4.69) is 10.3 Å². The number of nitrogens with zero attached hydrogens (tertiary/aromatic N) is 1. The van der Waals surface area contributed by atoms with Crippen LogP contribution in [0.15, 0.2) is 18.3 Å². The van der Waals surface area contributed by atoms with E-state index < -0.39 is 35.4 Å². The van der Waals surface area contributed by atoms with Gasteiger partial charge in [-0.15, -0.1) is 0 Å². The zero-order valence-corrected chi connectivity index (χ0v) is 15.5. The van der Waals surface area contributed by atoms with Crippen LogP contribution in [0.3, 0.4) is 0 Å². The Kier molecular flexibility index (Phi) is 6.50. The van der Waals surface area contributed by atoms with Crippen LogP contribution in [0.2, 0.25) is 0 Å². The number of esters is 1. The third kappa shape index (κ3) is 7.49. The van der Waals surface area contributed by atoms with Crippen molar-refractivity contribution in [2.24, 2.45) is 5.73 Å². The first-order valence-corrected chi connectivity index (χ1v) is 7.91. The van der Waals surface area contributed by atoms with Gasteiger partial charge in [-0.25, -0.2) is 9.78 Å². The van der Waals surface area contributed by atoms with Gasteiger partial charge in [0.2, 0.25) is 0 Å². The van der Waals surface area contributed by atoms with Gasteiger partial charge in [-0.05, 0) is 47.6 Å². The topological polar surface area (TPSA) is 124 Å². The summed E-state index contributed by atoms with van der Waals surface area (Å²) in [6, 6.07) is 1.74. The van der Waals surface area contributed by atoms with E-state index in [9.17, 15) is 14.7 Å². The molecule has 1 aromatic rings. The first-order valence-electron chi connectivity index (χ1n) is 7.91. The molecule has 0 aliphatic carbocycles. The zero-order chi connectivity index (χ0) is 19.4. The highest BCUT2D eigenvalue weighted by Crippen LogP contribution is 2.19. The molecule has 1 heterocycles. The smallest absolute Gasteiger partial charge is 0.413 e. The van der Waals surface area contributed by atoms with Gasteiger partial charge in [-0.2, -0.15) is 0 Å². The van der Waals surface area contributed by atoms with E-state index in [0.29, 0.717) is 5.56 Å². The van der Waals surface area contributed by atoms with E-state index in [-0.39, 0.29) is 5.82 Å². The van der Waals surface area contributed by atoms with Gasteiger partial charge < -0.3 is 20.3 Å². The fourth-order valence-corrected chi connectivity index (χ4v) is 1.77. The van der Waals surface area contributed by atoms with Crippen molar-refractivity contribution in [3.05, 3.63) is 23.9 Å². The van der Waals surface area contributed by atoms with Gasteiger partial charge in [0.25, 0.3) is 0 Å². The van der Waals surface area contributed by atoms with E-state index in [0.717, 1.165) is 0 Å². The average molecular weight is 353 g/mol. The van der Waals surface area contributed by atoms with Crippen molar-refractivity contribution < 1.29 is 24.2 Å². The van der Waals surface area contributed by atoms with Crippen molar-refractivity contribution in [1.82, 2.24) is 4.98 Å². The van der Waals surface area contributed by atoms with Crippen molar-refractivity contribution in [2.75, 3.05) is 5.32 Å². The third-order valence-corrected chi connectivity index (χ3v) is 2.78. The highest BCUT2D eigenvalue weighted by atomic mass is 16.6. The van der Waals surface area contributed by atoms with Gasteiger partial charge in [0, 0.05) is 11.8 Å². The number of rotatable bonds is 4. The van der Waals surface area contributed by atoms with Crippen molar-refractivity contribution in [3.63, 3.8) is 0 Å². The molecule has 0 aliphatic heterocycles. The summed E-state index contributed by atoms with van der Waals surface area (Å²) in [5, 5.41) is 12.7. The molecule has 0 radical (unpaired) electrons. The van der Waals surface area contributed by atoms with E-state index >= 15 is 0 Å². The number of nitrogens with one attached hydrogen (secondary N) is 1. The molecule has 2 atom stereocenters. The minimum absolute atomic E-state index is 0.246. The Balaban J connectivity index is 2.72. The van der Waals surface area contributed by atoms with Crippen LogP contribution < -0.4 is 11.1 Å². The fourth-order valence-electron chi connectivity index (χ4n) is 1.77. The van der Waals surface area contributed by atoms with Crippen LogP contribution >= 0.6 is 0 Å². The maximum atomic E-state index is 11.9. The highest BCUT2D eigenvalue weighted by molar-refractivity contribution is 5.83. The van der Waals surface area contributed by atoms with Gasteiger partial charge in [-0.1, -0.05) is 6.07 Å². The van der Waals surface area contributed by atoms with Crippen LogP contribution in [0.5, 0.6) is 0 Å². The third-order valence-electron chi connectivity index (χ3n) is 2.78. The number of hydrogen-bond acceptors (Lipinski definition) is 7. The molecule has 0 aliphatic rings. The lowest BCUT2D eigenvalue weighted by atomic mass is 10.0. The van der Waals surface area contributed by atoms with Crippen LogP contribution in [-0.2, 0) is 14.3 Å². The molecular weight excluding hydrogens is 326 g/mol. The molecule has 140 valence electrons. The number of aliphatic hydroxyl groups excluding tert-OH is 1. The molecule has 8 nitrogen and oxygen atoms in total. The molecule has 25 heavy (non-hydrogen) atoms. The number of anilines is 1. The summed E-state index contributed by atoms with van der Waals surface area (Å²) >= 11 is 0. The highest BCUT2D eigenvalue weighted by Gasteiger charge is 2.29. The first kappa shape index (κ1) is 20.9. The van der Waals surface area contributed by atoms with Gasteiger partial charge in [0.1, 0.15) is 29.2 Å². The standard InChI is InChI=1S/C17H27N3O5/c1-16(2,3)24-14(22)12(18)13(21)10-7-8-11(19-9-10)20-15(23)25-17(4,5)6/h7-9,12-13,21H,18H2,1-6H3,(H,19,20,23)/t12-,13-/m1/s1. The van der Waals surface area contributed by atoms with Crippen LogP contribution in [-0.4, -0.2) is 39.4 Å². The molecule has 0 fully saturated rings. The molecule has 0 saturated heterocycles. The lowest BCUT2D eigenvalue weighted by Gasteiger charge is -2.24. The number of amides is 1.